The molecule has 344 valence electrons. The molecular formula is C49H54ClN9O6S. The third-order valence-electron chi connectivity index (χ3n) is 11.5. The molecule has 0 bridgehead atoms. The van der Waals surface area contributed by atoms with Gasteiger partial charge in [-0.1, -0.05) is 93.4 Å². The van der Waals surface area contributed by atoms with E-state index >= 15 is 0 Å². The number of nitrogens with one attached hydrogen (secondary N) is 4. The summed E-state index contributed by atoms with van der Waals surface area (Å²) >= 11 is 7.62. The maximum absolute atomic E-state index is 14.1. The maximum atomic E-state index is 14.1. The minimum Gasteiger partial charge on any atom is -0.391 e. The van der Waals surface area contributed by atoms with Crippen LogP contribution in [-0.2, 0) is 20.9 Å². The van der Waals surface area contributed by atoms with Gasteiger partial charge in [-0.05, 0) is 83.8 Å². The molecule has 4 aromatic carbocycles. The first-order valence-electron chi connectivity index (χ1n) is 21.8. The number of halogens is 1. The molecule has 7 rings (SSSR count). The van der Waals surface area contributed by atoms with Crippen molar-refractivity contribution in [3.8, 4) is 21.6 Å². The van der Waals surface area contributed by atoms with E-state index in [0.29, 0.717) is 46.6 Å². The quantitative estimate of drug-likeness (QED) is 0.0545. The summed E-state index contributed by atoms with van der Waals surface area (Å²) in [6.07, 6.45) is 1.00. The molecule has 0 radical (unpaired) electrons. The van der Waals surface area contributed by atoms with Crippen molar-refractivity contribution in [1.82, 2.24) is 30.3 Å². The van der Waals surface area contributed by atoms with Crippen molar-refractivity contribution in [2.75, 3.05) is 22.9 Å². The number of urea groups is 1. The molecule has 3 heterocycles. The van der Waals surface area contributed by atoms with E-state index in [1.165, 1.54) is 9.58 Å². The number of unbranched alkanes of at least 4 members (excludes halogenated alkanes) is 2. The van der Waals surface area contributed by atoms with E-state index in [9.17, 15) is 29.1 Å². The largest absolute Gasteiger partial charge is 0.391 e. The Bertz CT molecular complexity index is 2750. The van der Waals surface area contributed by atoms with Gasteiger partial charge in [-0.25, -0.2) is 9.78 Å². The van der Waals surface area contributed by atoms with Crippen molar-refractivity contribution in [3.63, 3.8) is 0 Å². The maximum Gasteiger partial charge on any atom is 0.323 e. The first kappa shape index (κ1) is 47.3. The predicted molar refractivity (Wildman–Crippen MR) is 259 cm³/mol. The number of nitrogens with zero attached hydrogens (tertiary/aromatic N) is 4. The molecule has 1 aliphatic rings. The van der Waals surface area contributed by atoms with Crippen molar-refractivity contribution in [1.29, 1.82) is 0 Å². The summed E-state index contributed by atoms with van der Waals surface area (Å²) in [5, 5.41) is 27.5. The number of aryl methyl sites for hydroxylation is 1. The molecular weight excluding hydrogens is 878 g/mol. The standard InChI is InChI=1S/C49H54ClN9O6S/c1-29-43(66-28-53-29)31-21-19-30(20-22-31)26-52-46(63)39-25-36(60)27-58(39)47(64)44(49(2,3)4)56-40(61)17-6-5-7-18-41(62)59-38-16-10-15-37(42(38)45(51)57-59)32-11-8-13-34(23-32)54-48(65)55-35-14-9-12-33(50)24-35/h8-16,19-24,28,36,39,44,60H,5-7,17-18,25-27H2,1-4H3,(H2,51,57)(H,52,63)(H,56,61)(H2,54,55,65). The number of hydrogen-bond donors (Lipinski definition) is 6. The molecule has 1 fully saturated rings. The van der Waals surface area contributed by atoms with Crippen molar-refractivity contribution < 1.29 is 29.1 Å². The Balaban J connectivity index is 0.900. The third-order valence-corrected chi connectivity index (χ3v) is 12.7. The zero-order valence-electron chi connectivity index (χ0n) is 37.3. The number of fused-ring (bicyclic) bond motifs is 1. The number of anilines is 3. The Morgan fingerprint density at radius 2 is 1.59 bits per heavy atom. The van der Waals surface area contributed by atoms with E-state index in [1.807, 2.05) is 75.7 Å². The second kappa shape index (κ2) is 20.7. The number of carbonyl (C=O) groups excluding carboxylic acids is 5. The third kappa shape index (κ3) is 11.4. The number of β-amino-alcohol motifs (C(OH)–C–C–N with tert-alkyl or cyclic N) is 1. The van der Waals surface area contributed by atoms with Crippen LogP contribution in [0.25, 0.3) is 32.5 Å². The van der Waals surface area contributed by atoms with Crippen LogP contribution in [0.15, 0.2) is 96.5 Å². The highest BCUT2D eigenvalue weighted by Gasteiger charge is 2.44. The zero-order valence-corrected chi connectivity index (χ0v) is 38.8. The number of benzene rings is 4. The van der Waals surface area contributed by atoms with Gasteiger partial charge < -0.3 is 37.0 Å². The molecule has 7 N–H and O–H groups in total. The number of nitrogens with two attached hydrogens (primary N) is 1. The summed E-state index contributed by atoms with van der Waals surface area (Å²) in [5.74, 6) is -1.20. The monoisotopic (exact) mass is 931 g/mol. The number of thiazole rings is 1. The zero-order chi connectivity index (χ0) is 47.1. The second-order valence-corrected chi connectivity index (χ2v) is 18.9. The number of hydrogen-bond acceptors (Lipinski definition) is 10. The van der Waals surface area contributed by atoms with Crippen molar-refractivity contribution in [2.24, 2.45) is 5.41 Å². The Hall–Kier alpha value is -6.62. The lowest BCUT2D eigenvalue weighted by molar-refractivity contribution is -0.144. The molecule has 6 aromatic rings. The Morgan fingerprint density at radius 3 is 2.29 bits per heavy atom. The Labute approximate surface area is 392 Å². The summed E-state index contributed by atoms with van der Waals surface area (Å²) in [6.45, 7) is 7.71. The predicted octanol–water partition coefficient (Wildman–Crippen LogP) is 8.41. The highest BCUT2D eigenvalue weighted by atomic mass is 35.5. The SMILES string of the molecule is Cc1ncsc1-c1ccc(CNC(=O)C2CC(O)CN2C(=O)C(NC(=O)CCCCCC(=O)n2nc(N)c3c(-c4cccc(NC(=O)Nc5cccc(Cl)c5)c4)cccc32)C(C)(C)C)cc1. The van der Waals surface area contributed by atoms with E-state index in [1.54, 1.807) is 59.9 Å². The molecule has 5 amide bonds. The van der Waals surface area contributed by atoms with Crippen molar-refractivity contribution in [2.45, 2.75) is 91.0 Å². The molecule has 1 aliphatic heterocycles. The lowest BCUT2D eigenvalue weighted by Gasteiger charge is -2.35. The van der Waals surface area contributed by atoms with Crippen LogP contribution < -0.4 is 27.0 Å². The molecule has 17 heteroatoms. The van der Waals surface area contributed by atoms with Crippen molar-refractivity contribution >= 4 is 80.7 Å². The van der Waals surface area contributed by atoms with Crippen LogP contribution in [-0.4, -0.2) is 79.2 Å². The average molecular weight is 933 g/mol. The summed E-state index contributed by atoms with van der Waals surface area (Å²) in [5.41, 5.74) is 13.5. The summed E-state index contributed by atoms with van der Waals surface area (Å²) in [6, 6.07) is 25.1. The van der Waals surface area contributed by atoms with Crippen LogP contribution in [0.1, 0.15) is 75.3 Å². The number of aliphatic hydroxyl groups is 1. The van der Waals surface area contributed by atoms with Crippen LogP contribution in [0.4, 0.5) is 22.0 Å². The minimum atomic E-state index is -0.948. The lowest BCUT2D eigenvalue weighted by atomic mass is 9.85. The second-order valence-electron chi connectivity index (χ2n) is 17.6. The topological polar surface area (TPSA) is 214 Å². The van der Waals surface area contributed by atoms with Crippen LogP contribution in [0, 0.1) is 12.3 Å². The van der Waals surface area contributed by atoms with Gasteiger partial charge in [0.15, 0.2) is 5.82 Å². The number of likely N-dealkylation sites (tertiary alicyclic amines) is 1. The Morgan fingerprint density at radius 1 is 0.894 bits per heavy atom. The van der Waals surface area contributed by atoms with Crippen LogP contribution in [0.3, 0.4) is 0 Å². The summed E-state index contributed by atoms with van der Waals surface area (Å²) < 4.78 is 1.31. The van der Waals surface area contributed by atoms with Gasteiger partial charge in [0.05, 0.1) is 33.1 Å². The molecule has 1 saturated heterocycles. The number of rotatable bonds is 15. The van der Waals surface area contributed by atoms with Gasteiger partial charge >= 0.3 is 6.03 Å². The lowest BCUT2D eigenvalue weighted by Crippen LogP contribution is -2.57. The van der Waals surface area contributed by atoms with Gasteiger partial charge in [0.2, 0.25) is 23.6 Å². The van der Waals surface area contributed by atoms with Gasteiger partial charge in [-0.3, -0.25) is 19.2 Å². The minimum absolute atomic E-state index is 0.0221. The molecule has 3 unspecified atom stereocenters. The van der Waals surface area contributed by atoms with E-state index in [2.05, 4.69) is 31.3 Å². The Kier molecular flexibility index (Phi) is 14.8. The molecule has 66 heavy (non-hydrogen) atoms. The highest BCUT2D eigenvalue weighted by molar-refractivity contribution is 7.13. The molecule has 2 aromatic heterocycles. The fourth-order valence-electron chi connectivity index (χ4n) is 8.11. The van der Waals surface area contributed by atoms with E-state index in [-0.39, 0.29) is 55.9 Å². The molecule has 0 spiro atoms. The fourth-order valence-corrected chi connectivity index (χ4v) is 9.11. The van der Waals surface area contributed by atoms with E-state index in [4.69, 9.17) is 17.3 Å². The molecule has 15 nitrogen and oxygen atoms in total. The number of carbonyl (C=O) groups is 5. The first-order valence-corrected chi connectivity index (χ1v) is 23.1. The number of aliphatic hydroxyl groups excluding tert-OH is 1. The van der Waals surface area contributed by atoms with Crippen LogP contribution in [0.5, 0.6) is 0 Å². The summed E-state index contributed by atoms with van der Waals surface area (Å²) in [7, 11) is 0. The van der Waals surface area contributed by atoms with Gasteiger partial charge in [-0.2, -0.15) is 4.68 Å². The number of amides is 5. The normalized spacial score (nSPS) is 15.3. The summed E-state index contributed by atoms with van der Waals surface area (Å²) in [4.78, 5) is 73.9. The first-order chi connectivity index (χ1) is 31.5. The molecule has 0 aliphatic carbocycles. The van der Waals surface area contributed by atoms with Gasteiger partial charge in [0.1, 0.15) is 12.1 Å². The van der Waals surface area contributed by atoms with Crippen LogP contribution in [0.2, 0.25) is 5.02 Å². The number of nitrogen functional groups attached to an aromatic ring is 1. The molecule has 3 atom stereocenters. The van der Waals surface area contributed by atoms with Crippen molar-refractivity contribution in [3.05, 3.63) is 113 Å². The van der Waals surface area contributed by atoms with E-state index in [0.717, 1.165) is 32.8 Å². The van der Waals surface area contributed by atoms with E-state index < -0.39 is 35.5 Å². The molecule has 0 saturated carbocycles. The smallest absolute Gasteiger partial charge is 0.323 e. The van der Waals surface area contributed by atoms with Crippen LogP contribution >= 0.6 is 22.9 Å². The van der Waals surface area contributed by atoms with Gasteiger partial charge in [-0.15, -0.1) is 16.4 Å². The number of aromatic nitrogens is 3. The fraction of sp³-hybridized carbons (Fsp3) is 0.327. The van der Waals surface area contributed by atoms with Gasteiger partial charge in [0, 0.05) is 48.7 Å². The average Bonchev–Trinajstić information content (AvgIpc) is 4.00. The van der Waals surface area contributed by atoms with Gasteiger partial charge in [0.25, 0.3) is 0 Å². The highest BCUT2D eigenvalue weighted by Crippen LogP contribution is 2.34.